The zero-order valence-corrected chi connectivity index (χ0v) is 10.3. The number of carbonyl (C=O) groups is 1. The number of rotatable bonds is 5. The third-order valence-electron chi connectivity index (χ3n) is 3.68. The topological polar surface area (TPSA) is 29.5 Å². The molecule has 0 spiro atoms. The lowest BCUT2D eigenvalue weighted by atomic mass is 9.98. The van der Waals surface area contributed by atoms with Gasteiger partial charge < -0.3 is 9.64 Å². The molecule has 3 heteroatoms. The summed E-state index contributed by atoms with van der Waals surface area (Å²) in [5.74, 6) is 1.13. The van der Waals surface area contributed by atoms with E-state index < -0.39 is 0 Å². The van der Waals surface area contributed by atoms with E-state index in [1.165, 1.54) is 32.4 Å². The number of esters is 1. The lowest BCUT2D eigenvalue weighted by molar-refractivity contribution is -0.149. The Labute approximate surface area is 98.1 Å². The van der Waals surface area contributed by atoms with E-state index in [2.05, 4.69) is 4.90 Å². The maximum atomic E-state index is 11.6. The van der Waals surface area contributed by atoms with Crippen molar-refractivity contribution in [3.8, 4) is 0 Å². The third kappa shape index (κ3) is 3.48. The molecule has 1 atom stereocenters. The quantitative estimate of drug-likeness (QED) is 0.671. The number of carbonyl (C=O) groups excluding carboxylic acids is 1. The Kier molecular flexibility index (Phi) is 4.22. The largest absolute Gasteiger partial charge is 0.466 e. The van der Waals surface area contributed by atoms with Gasteiger partial charge in [0.05, 0.1) is 12.5 Å². The minimum absolute atomic E-state index is 0.0126. The van der Waals surface area contributed by atoms with Crippen LogP contribution in [0, 0.1) is 11.8 Å². The predicted octanol–water partition coefficient (Wildman–Crippen LogP) is 2.06. The number of hydrogen-bond donors (Lipinski definition) is 0. The Bertz CT molecular complexity index is 238. The summed E-state index contributed by atoms with van der Waals surface area (Å²) >= 11 is 0. The molecule has 0 amide bonds. The molecule has 2 aliphatic rings. The normalized spacial score (nSPS) is 26.7. The summed E-state index contributed by atoms with van der Waals surface area (Å²) in [6.45, 7) is 5.66. The molecule has 1 aliphatic carbocycles. The highest BCUT2D eigenvalue weighted by Gasteiger charge is 2.28. The maximum absolute atomic E-state index is 11.6. The minimum atomic E-state index is 0.0126. The van der Waals surface area contributed by atoms with Crippen LogP contribution in [0.3, 0.4) is 0 Å². The van der Waals surface area contributed by atoms with Gasteiger partial charge in [-0.15, -0.1) is 0 Å². The van der Waals surface area contributed by atoms with Crippen molar-refractivity contribution in [1.29, 1.82) is 0 Å². The van der Waals surface area contributed by atoms with Gasteiger partial charge >= 0.3 is 5.97 Å². The molecule has 0 bridgehead atoms. The summed E-state index contributed by atoms with van der Waals surface area (Å²) in [5, 5.41) is 0. The monoisotopic (exact) mass is 225 g/mol. The first-order valence-electron chi connectivity index (χ1n) is 6.68. The fourth-order valence-electron chi connectivity index (χ4n) is 2.48. The van der Waals surface area contributed by atoms with Crippen molar-refractivity contribution in [2.45, 2.75) is 39.0 Å². The molecular formula is C13H23NO2. The van der Waals surface area contributed by atoms with Crippen molar-refractivity contribution in [3.63, 3.8) is 0 Å². The molecule has 92 valence electrons. The highest BCUT2D eigenvalue weighted by Crippen LogP contribution is 2.32. The van der Waals surface area contributed by atoms with Crippen LogP contribution in [-0.4, -0.2) is 37.1 Å². The molecule has 0 aromatic carbocycles. The van der Waals surface area contributed by atoms with Crippen molar-refractivity contribution in [1.82, 2.24) is 4.90 Å². The number of hydrogen-bond acceptors (Lipinski definition) is 3. The van der Waals surface area contributed by atoms with Crippen molar-refractivity contribution < 1.29 is 9.53 Å². The van der Waals surface area contributed by atoms with E-state index in [-0.39, 0.29) is 11.9 Å². The van der Waals surface area contributed by atoms with E-state index in [9.17, 15) is 4.79 Å². The predicted molar refractivity (Wildman–Crippen MR) is 63.1 cm³/mol. The summed E-state index contributed by atoms with van der Waals surface area (Å²) in [7, 11) is 0. The van der Waals surface area contributed by atoms with Crippen molar-refractivity contribution in [2.24, 2.45) is 11.8 Å². The first-order valence-corrected chi connectivity index (χ1v) is 6.68. The van der Waals surface area contributed by atoms with E-state index in [4.69, 9.17) is 4.74 Å². The molecule has 3 nitrogen and oxygen atoms in total. The molecule has 0 radical (unpaired) electrons. The van der Waals surface area contributed by atoms with Crippen LogP contribution in [0.25, 0.3) is 0 Å². The average Bonchev–Trinajstić information content (AvgIpc) is 3.11. The fourth-order valence-corrected chi connectivity index (χ4v) is 2.48. The minimum Gasteiger partial charge on any atom is -0.466 e. The van der Waals surface area contributed by atoms with Gasteiger partial charge in [-0.25, -0.2) is 0 Å². The van der Waals surface area contributed by atoms with Gasteiger partial charge in [0.1, 0.15) is 0 Å². The molecule has 0 N–H and O–H groups in total. The summed E-state index contributed by atoms with van der Waals surface area (Å²) in [6.07, 6.45) is 6.34. The Morgan fingerprint density at radius 3 is 2.88 bits per heavy atom. The van der Waals surface area contributed by atoms with Gasteiger partial charge in [0.15, 0.2) is 0 Å². The second-order valence-corrected chi connectivity index (χ2v) is 5.12. The summed E-state index contributed by atoms with van der Waals surface area (Å²) < 4.78 is 5.10. The van der Waals surface area contributed by atoms with Gasteiger partial charge in [0.2, 0.25) is 0 Å². The number of ether oxygens (including phenoxy) is 1. The Hall–Kier alpha value is -0.570. The van der Waals surface area contributed by atoms with Crippen LogP contribution in [-0.2, 0) is 9.53 Å². The number of nitrogens with zero attached hydrogens (tertiary/aromatic N) is 1. The van der Waals surface area contributed by atoms with Crippen LogP contribution in [0.15, 0.2) is 0 Å². The molecule has 2 rings (SSSR count). The van der Waals surface area contributed by atoms with Crippen LogP contribution < -0.4 is 0 Å². The van der Waals surface area contributed by atoms with E-state index in [1.54, 1.807) is 0 Å². The second kappa shape index (κ2) is 5.67. The molecule has 0 aromatic rings. The highest BCUT2D eigenvalue weighted by molar-refractivity contribution is 5.72. The van der Waals surface area contributed by atoms with Crippen molar-refractivity contribution >= 4 is 5.97 Å². The van der Waals surface area contributed by atoms with Crippen molar-refractivity contribution in [3.05, 3.63) is 0 Å². The maximum Gasteiger partial charge on any atom is 0.310 e. The zero-order valence-electron chi connectivity index (χ0n) is 10.3. The fraction of sp³-hybridized carbons (Fsp3) is 0.923. The molecule has 1 saturated carbocycles. The Morgan fingerprint density at radius 2 is 2.19 bits per heavy atom. The standard InChI is InChI=1S/C13H23NO2/c1-2-16-13(15)12-4-3-8-14(10-12)9-7-11-5-6-11/h11-12H,2-10H2,1H3. The summed E-state index contributed by atoms with van der Waals surface area (Å²) in [5.41, 5.74) is 0. The lowest BCUT2D eigenvalue weighted by Gasteiger charge is -2.31. The second-order valence-electron chi connectivity index (χ2n) is 5.12. The van der Waals surface area contributed by atoms with E-state index in [0.29, 0.717) is 6.61 Å². The van der Waals surface area contributed by atoms with Gasteiger partial charge in [0, 0.05) is 6.54 Å². The van der Waals surface area contributed by atoms with Gasteiger partial charge in [0.25, 0.3) is 0 Å². The smallest absolute Gasteiger partial charge is 0.310 e. The number of piperidine rings is 1. The molecule has 1 aliphatic heterocycles. The summed E-state index contributed by atoms with van der Waals surface area (Å²) in [4.78, 5) is 14.1. The average molecular weight is 225 g/mol. The number of likely N-dealkylation sites (tertiary alicyclic amines) is 1. The van der Waals surface area contributed by atoms with Crippen LogP contribution in [0.1, 0.15) is 39.0 Å². The summed E-state index contributed by atoms with van der Waals surface area (Å²) in [6, 6.07) is 0. The molecular weight excluding hydrogens is 202 g/mol. The zero-order chi connectivity index (χ0) is 11.4. The molecule has 1 saturated heterocycles. The van der Waals surface area contributed by atoms with E-state index in [1.807, 2.05) is 6.92 Å². The third-order valence-corrected chi connectivity index (χ3v) is 3.68. The van der Waals surface area contributed by atoms with Gasteiger partial charge in [-0.1, -0.05) is 12.8 Å². The molecule has 1 heterocycles. The van der Waals surface area contributed by atoms with E-state index >= 15 is 0 Å². The van der Waals surface area contributed by atoms with Crippen LogP contribution in [0.4, 0.5) is 0 Å². The van der Waals surface area contributed by atoms with Gasteiger partial charge in [-0.3, -0.25) is 4.79 Å². The lowest BCUT2D eigenvalue weighted by Crippen LogP contribution is -2.39. The van der Waals surface area contributed by atoms with Crippen LogP contribution >= 0.6 is 0 Å². The highest BCUT2D eigenvalue weighted by atomic mass is 16.5. The van der Waals surface area contributed by atoms with E-state index in [0.717, 1.165) is 25.3 Å². The molecule has 2 fully saturated rings. The van der Waals surface area contributed by atoms with Gasteiger partial charge in [-0.05, 0) is 45.2 Å². The van der Waals surface area contributed by atoms with Crippen LogP contribution in [0.5, 0.6) is 0 Å². The SMILES string of the molecule is CCOC(=O)C1CCCN(CCC2CC2)C1. The molecule has 16 heavy (non-hydrogen) atoms. The van der Waals surface area contributed by atoms with Gasteiger partial charge in [-0.2, -0.15) is 0 Å². The van der Waals surface area contributed by atoms with Crippen molar-refractivity contribution in [2.75, 3.05) is 26.2 Å². The Balaban J connectivity index is 1.71. The first kappa shape index (κ1) is 11.9. The molecule has 0 aromatic heterocycles. The van der Waals surface area contributed by atoms with Crippen LogP contribution in [0.2, 0.25) is 0 Å². The first-order chi connectivity index (χ1) is 7.79. The molecule has 1 unspecified atom stereocenters. The Morgan fingerprint density at radius 1 is 1.38 bits per heavy atom.